The molecule has 5 rings (SSSR count). The summed E-state index contributed by atoms with van der Waals surface area (Å²) in [7, 11) is 1.58. The number of carbonyl (C=O) groups is 1. The molecule has 0 fully saturated rings. The molecule has 0 spiro atoms. The summed E-state index contributed by atoms with van der Waals surface area (Å²) in [6.07, 6.45) is 0. The van der Waals surface area contributed by atoms with Gasteiger partial charge in [-0.3, -0.25) is 4.79 Å². The molecule has 10 nitrogen and oxygen atoms in total. The van der Waals surface area contributed by atoms with Crippen LogP contribution in [0.15, 0.2) is 66.7 Å². The third-order valence-corrected chi connectivity index (χ3v) is 5.60. The zero-order chi connectivity index (χ0) is 25.6. The maximum absolute atomic E-state index is 12.6. The van der Waals surface area contributed by atoms with Crippen LogP contribution in [-0.4, -0.2) is 54.4 Å². The number of nitrogens with zero attached hydrogens (tertiary/aromatic N) is 3. The van der Waals surface area contributed by atoms with Crippen LogP contribution in [0.2, 0.25) is 0 Å². The molecular weight excluding hydrogens is 476 g/mol. The number of amides is 1. The first-order chi connectivity index (χ1) is 18.1. The molecule has 1 amide bonds. The highest BCUT2D eigenvalue weighted by Gasteiger charge is 2.19. The van der Waals surface area contributed by atoms with E-state index < -0.39 is 0 Å². The van der Waals surface area contributed by atoms with E-state index in [0.717, 1.165) is 11.3 Å². The van der Waals surface area contributed by atoms with Crippen molar-refractivity contribution in [1.29, 1.82) is 0 Å². The predicted octanol–water partition coefficient (Wildman–Crippen LogP) is 4.34. The number of ether oxygens (including phenoxy) is 5. The Morgan fingerprint density at radius 2 is 1.78 bits per heavy atom. The van der Waals surface area contributed by atoms with E-state index in [-0.39, 0.29) is 18.7 Å². The Hall–Kier alpha value is -4.57. The van der Waals surface area contributed by atoms with E-state index in [4.69, 9.17) is 23.7 Å². The highest BCUT2D eigenvalue weighted by atomic mass is 16.7. The Morgan fingerprint density at radius 1 is 1.00 bits per heavy atom. The number of nitrogens with one attached hydrogen (secondary N) is 1. The molecule has 1 aromatic heterocycles. The third kappa shape index (κ3) is 5.49. The topological polar surface area (TPSA) is 106 Å². The molecule has 0 unspecified atom stereocenters. The number of anilines is 1. The van der Waals surface area contributed by atoms with Crippen LogP contribution < -0.4 is 24.3 Å². The van der Waals surface area contributed by atoms with Gasteiger partial charge in [-0.15, -0.1) is 5.10 Å². The van der Waals surface area contributed by atoms with E-state index in [9.17, 15) is 4.79 Å². The lowest BCUT2D eigenvalue weighted by Crippen LogP contribution is -2.11. The lowest BCUT2D eigenvalue weighted by atomic mass is 10.2. The van der Waals surface area contributed by atoms with Crippen molar-refractivity contribution in [3.8, 4) is 40.3 Å². The minimum Gasteiger partial charge on any atom is -0.497 e. The van der Waals surface area contributed by atoms with E-state index in [0.29, 0.717) is 54.1 Å². The zero-order valence-corrected chi connectivity index (χ0v) is 20.5. The molecule has 1 aliphatic heterocycles. The summed E-state index contributed by atoms with van der Waals surface area (Å²) < 4.78 is 28.9. The second-order valence-corrected chi connectivity index (χ2v) is 7.97. The van der Waals surface area contributed by atoms with Crippen molar-refractivity contribution in [2.45, 2.75) is 6.92 Å². The molecule has 4 aromatic rings. The van der Waals surface area contributed by atoms with Crippen molar-refractivity contribution in [3.05, 3.63) is 72.3 Å². The van der Waals surface area contributed by atoms with E-state index in [1.807, 2.05) is 37.3 Å². The highest BCUT2D eigenvalue weighted by molar-refractivity contribution is 6.04. The summed E-state index contributed by atoms with van der Waals surface area (Å²) in [6.45, 7) is 3.48. The van der Waals surface area contributed by atoms with Crippen molar-refractivity contribution in [2.75, 3.05) is 39.0 Å². The lowest BCUT2D eigenvalue weighted by Gasteiger charge is -2.09. The number of hydrogen-bond acceptors (Lipinski definition) is 8. The molecule has 1 N–H and O–H groups in total. The Bertz CT molecular complexity index is 1370. The molecule has 2 heterocycles. The van der Waals surface area contributed by atoms with Crippen LogP contribution in [0.4, 0.5) is 5.69 Å². The van der Waals surface area contributed by atoms with Crippen LogP contribution in [0.3, 0.4) is 0 Å². The van der Waals surface area contributed by atoms with Crippen molar-refractivity contribution in [2.24, 2.45) is 0 Å². The number of hydrogen-bond donors (Lipinski definition) is 1. The van der Waals surface area contributed by atoms with E-state index >= 15 is 0 Å². The van der Waals surface area contributed by atoms with E-state index in [1.54, 1.807) is 48.2 Å². The van der Waals surface area contributed by atoms with E-state index in [1.165, 1.54) is 0 Å². The molecule has 0 radical (unpaired) electrons. The SMILES string of the molecule is CCOCCOc1nc(-c2ccc3c(c2)OCO3)n(-c2ccc(NC(=O)c3ccc(OC)cc3)cc2)n1. The standard InChI is InChI=1S/C27H26N4O6/c1-3-34-14-15-35-27-29-25(19-6-13-23-24(16-19)37-17-36-23)31(30-27)21-9-7-20(8-10-21)28-26(32)18-4-11-22(33-2)12-5-18/h4-13,16H,3,14-15,17H2,1-2H3,(H,28,32). The Labute approximate surface area is 213 Å². The van der Waals surface area contributed by atoms with Gasteiger partial charge in [-0.1, -0.05) is 0 Å². The van der Waals surface area contributed by atoms with Crippen molar-refractivity contribution in [1.82, 2.24) is 14.8 Å². The Morgan fingerprint density at radius 3 is 2.54 bits per heavy atom. The van der Waals surface area contributed by atoms with Gasteiger partial charge in [0, 0.05) is 23.4 Å². The predicted molar refractivity (Wildman–Crippen MR) is 136 cm³/mol. The molecule has 190 valence electrons. The number of rotatable bonds is 10. The summed E-state index contributed by atoms with van der Waals surface area (Å²) in [5.41, 5.74) is 2.69. The van der Waals surface area contributed by atoms with Gasteiger partial charge in [-0.25, -0.2) is 4.68 Å². The largest absolute Gasteiger partial charge is 0.497 e. The Kier molecular flexibility index (Phi) is 7.18. The summed E-state index contributed by atoms with van der Waals surface area (Å²) in [5.74, 6) is 2.36. The van der Waals surface area contributed by atoms with Crippen LogP contribution >= 0.6 is 0 Å². The van der Waals surface area contributed by atoms with Gasteiger partial charge in [-0.2, -0.15) is 4.98 Å². The van der Waals surface area contributed by atoms with Gasteiger partial charge in [0.2, 0.25) is 6.79 Å². The first-order valence-electron chi connectivity index (χ1n) is 11.8. The monoisotopic (exact) mass is 502 g/mol. The lowest BCUT2D eigenvalue weighted by molar-refractivity contribution is 0.102. The van der Waals surface area contributed by atoms with Gasteiger partial charge in [0.05, 0.1) is 19.4 Å². The molecule has 0 bridgehead atoms. The number of fused-ring (bicyclic) bond motifs is 1. The van der Waals surface area contributed by atoms with Crippen LogP contribution in [0, 0.1) is 0 Å². The number of aromatic nitrogens is 3. The fraction of sp³-hybridized carbons (Fsp3) is 0.222. The average molecular weight is 503 g/mol. The summed E-state index contributed by atoms with van der Waals surface area (Å²) in [5, 5.41) is 7.46. The fourth-order valence-corrected chi connectivity index (χ4v) is 3.72. The van der Waals surface area contributed by atoms with Gasteiger partial charge in [0.15, 0.2) is 17.3 Å². The summed E-state index contributed by atoms with van der Waals surface area (Å²) >= 11 is 0. The summed E-state index contributed by atoms with van der Waals surface area (Å²) in [6, 6.07) is 20.0. The maximum Gasteiger partial charge on any atom is 0.336 e. The van der Waals surface area contributed by atoms with Crippen LogP contribution in [0.5, 0.6) is 23.3 Å². The molecule has 3 aromatic carbocycles. The third-order valence-electron chi connectivity index (χ3n) is 5.60. The second-order valence-electron chi connectivity index (χ2n) is 7.97. The normalized spacial score (nSPS) is 11.8. The molecule has 0 aliphatic carbocycles. The number of methoxy groups -OCH3 is 1. The van der Waals surface area contributed by atoms with Crippen LogP contribution in [0.1, 0.15) is 17.3 Å². The minimum atomic E-state index is -0.220. The van der Waals surface area contributed by atoms with Crippen molar-refractivity contribution in [3.63, 3.8) is 0 Å². The smallest absolute Gasteiger partial charge is 0.336 e. The molecule has 0 atom stereocenters. The Balaban J connectivity index is 1.38. The average Bonchev–Trinajstić information content (AvgIpc) is 3.58. The van der Waals surface area contributed by atoms with Crippen LogP contribution in [-0.2, 0) is 4.74 Å². The first-order valence-corrected chi connectivity index (χ1v) is 11.8. The van der Waals surface area contributed by atoms with Gasteiger partial charge < -0.3 is 29.0 Å². The van der Waals surface area contributed by atoms with Gasteiger partial charge in [0.1, 0.15) is 12.4 Å². The van der Waals surface area contributed by atoms with Crippen molar-refractivity contribution >= 4 is 11.6 Å². The van der Waals surface area contributed by atoms with E-state index in [2.05, 4.69) is 15.4 Å². The minimum absolute atomic E-state index is 0.182. The molecule has 1 aliphatic rings. The first kappa shape index (κ1) is 24.1. The zero-order valence-electron chi connectivity index (χ0n) is 20.5. The van der Waals surface area contributed by atoms with Gasteiger partial charge in [0.25, 0.3) is 5.91 Å². The number of carbonyl (C=O) groups excluding carboxylic acids is 1. The van der Waals surface area contributed by atoms with Gasteiger partial charge in [-0.05, 0) is 73.7 Å². The highest BCUT2D eigenvalue weighted by Crippen LogP contribution is 2.36. The molecule has 37 heavy (non-hydrogen) atoms. The van der Waals surface area contributed by atoms with Crippen LogP contribution in [0.25, 0.3) is 17.1 Å². The van der Waals surface area contributed by atoms with Gasteiger partial charge >= 0.3 is 6.01 Å². The maximum atomic E-state index is 12.6. The summed E-state index contributed by atoms with van der Waals surface area (Å²) in [4.78, 5) is 17.2. The fourth-order valence-electron chi connectivity index (χ4n) is 3.72. The second kappa shape index (κ2) is 11.0. The van der Waals surface area contributed by atoms with Crippen molar-refractivity contribution < 1.29 is 28.5 Å². The molecular formula is C27H26N4O6. The molecule has 0 saturated heterocycles. The molecule has 10 heteroatoms. The quantitative estimate of drug-likeness (QED) is 0.319. The number of benzene rings is 3. The molecule has 0 saturated carbocycles.